The van der Waals surface area contributed by atoms with Crippen molar-refractivity contribution in [1.29, 1.82) is 0 Å². The van der Waals surface area contributed by atoms with E-state index in [1.54, 1.807) is 0 Å². The summed E-state index contributed by atoms with van der Waals surface area (Å²) >= 11 is 0. The highest BCUT2D eigenvalue weighted by Gasteiger charge is 2.11. The van der Waals surface area contributed by atoms with Crippen molar-refractivity contribution in [3.8, 4) is 35.2 Å². The molecule has 2 rings (SSSR count). The number of hydrogen-bond acceptors (Lipinski definition) is 7. The lowest BCUT2D eigenvalue weighted by atomic mass is 10.2. The van der Waals surface area contributed by atoms with Gasteiger partial charge in [0.25, 0.3) is 0 Å². The third kappa shape index (κ3) is 3.10. The standard InChI is InChI=1S/C13H13N5O3/c1-3-6-14-17-12-15-11(18(2)13(21)16-12)8-4-5-9(19)10(20)7-8/h1,4-5,7,14,19-20H,6H2,2H3,(H,16,17,21). The zero-order chi connectivity index (χ0) is 15.4. The lowest BCUT2D eigenvalue weighted by Gasteiger charge is -2.10. The van der Waals surface area contributed by atoms with Gasteiger partial charge in [0.1, 0.15) is 5.82 Å². The second-order valence-electron chi connectivity index (χ2n) is 4.10. The molecule has 1 heterocycles. The van der Waals surface area contributed by atoms with E-state index >= 15 is 0 Å². The van der Waals surface area contributed by atoms with Crippen LogP contribution in [0.5, 0.6) is 11.5 Å². The summed E-state index contributed by atoms with van der Waals surface area (Å²) in [6.07, 6.45) is 5.09. The van der Waals surface area contributed by atoms with Crippen molar-refractivity contribution in [2.75, 3.05) is 12.0 Å². The molecule has 0 fully saturated rings. The van der Waals surface area contributed by atoms with Crippen molar-refractivity contribution in [3.05, 3.63) is 28.7 Å². The van der Waals surface area contributed by atoms with Crippen LogP contribution in [0.1, 0.15) is 0 Å². The highest BCUT2D eigenvalue weighted by Crippen LogP contribution is 2.29. The number of anilines is 1. The van der Waals surface area contributed by atoms with Gasteiger partial charge >= 0.3 is 5.69 Å². The maximum Gasteiger partial charge on any atom is 0.352 e. The summed E-state index contributed by atoms with van der Waals surface area (Å²) in [6.45, 7) is 0.230. The summed E-state index contributed by atoms with van der Waals surface area (Å²) in [7, 11) is 1.50. The molecule has 0 amide bonds. The molecule has 0 unspecified atom stereocenters. The van der Waals surface area contributed by atoms with Crippen molar-refractivity contribution in [1.82, 2.24) is 20.0 Å². The second-order valence-corrected chi connectivity index (χ2v) is 4.10. The Labute approximate surface area is 120 Å². The average Bonchev–Trinajstić information content (AvgIpc) is 2.46. The Bertz CT molecular complexity index is 763. The van der Waals surface area contributed by atoms with Gasteiger partial charge in [0, 0.05) is 12.6 Å². The molecule has 0 saturated heterocycles. The molecule has 8 heteroatoms. The molecule has 0 aliphatic heterocycles. The van der Waals surface area contributed by atoms with Gasteiger partial charge in [-0.25, -0.2) is 10.2 Å². The summed E-state index contributed by atoms with van der Waals surface area (Å²) in [6, 6.07) is 4.13. The maximum absolute atomic E-state index is 11.8. The molecule has 0 bridgehead atoms. The van der Waals surface area contributed by atoms with Crippen LogP contribution in [-0.4, -0.2) is 31.3 Å². The minimum atomic E-state index is -0.530. The van der Waals surface area contributed by atoms with Gasteiger partial charge in [-0.05, 0) is 18.2 Å². The number of phenols is 2. The second kappa shape index (κ2) is 5.94. The molecule has 0 atom stereocenters. The van der Waals surface area contributed by atoms with E-state index in [0.29, 0.717) is 5.56 Å². The number of hydrogen-bond donors (Lipinski definition) is 4. The number of nitrogens with one attached hydrogen (secondary N) is 2. The maximum atomic E-state index is 11.8. The molecule has 2 aromatic rings. The van der Waals surface area contributed by atoms with Crippen LogP contribution in [0, 0.1) is 12.3 Å². The van der Waals surface area contributed by atoms with Gasteiger partial charge in [0.15, 0.2) is 11.5 Å². The molecule has 21 heavy (non-hydrogen) atoms. The van der Waals surface area contributed by atoms with Crippen molar-refractivity contribution in [3.63, 3.8) is 0 Å². The first-order chi connectivity index (χ1) is 10.0. The first kappa shape index (κ1) is 14.4. The van der Waals surface area contributed by atoms with E-state index in [-0.39, 0.29) is 29.8 Å². The Morgan fingerprint density at radius 3 is 2.76 bits per heavy atom. The molecule has 0 aliphatic rings. The number of aromatic hydroxyl groups is 2. The summed E-state index contributed by atoms with van der Waals surface area (Å²) in [5, 5.41) is 18.9. The topological polar surface area (TPSA) is 112 Å². The van der Waals surface area contributed by atoms with Crippen LogP contribution in [-0.2, 0) is 7.05 Å². The smallest absolute Gasteiger partial charge is 0.352 e. The quantitative estimate of drug-likeness (QED) is 0.267. The molecule has 0 spiro atoms. The number of phenolic OH excluding ortho intramolecular Hbond substituents is 2. The van der Waals surface area contributed by atoms with E-state index in [4.69, 9.17) is 6.42 Å². The first-order valence-electron chi connectivity index (χ1n) is 5.92. The number of nitrogens with zero attached hydrogens (tertiary/aromatic N) is 3. The fourth-order valence-corrected chi connectivity index (χ4v) is 1.61. The van der Waals surface area contributed by atoms with Gasteiger partial charge < -0.3 is 10.2 Å². The van der Waals surface area contributed by atoms with Gasteiger partial charge in [-0.3, -0.25) is 9.99 Å². The van der Waals surface area contributed by atoms with Crippen LogP contribution in [0.25, 0.3) is 11.4 Å². The largest absolute Gasteiger partial charge is 0.504 e. The lowest BCUT2D eigenvalue weighted by Crippen LogP contribution is -2.29. The van der Waals surface area contributed by atoms with E-state index in [1.165, 1.54) is 29.8 Å². The zero-order valence-corrected chi connectivity index (χ0v) is 11.2. The van der Waals surface area contributed by atoms with E-state index in [1.807, 2.05) is 0 Å². The molecule has 8 nitrogen and oxygen atoms in total. The Morgan fingerprint density at radius 2 is 2.10 bits per heavy atom. The van der Waals surface area contributed by atoms with E-state index in [0.717, 1.165) is 0 Å². The SMILES string of the molecule is C#CCNNc1nc(-c2ccc(O)c(O)c2)n(C)c(=O)n1. The van der Waals surface area contributed by atoms with Crippen LogP contribution >= 0.6 is 0 Å². The van der Waals surface area contributed by atoms with Gasteiger partial charge in [-0.2, -0.15) is 9.97 Å². The normalized spacial score (nSPS) is 10.1. The Balaban J connectivity index is 2.44. The van der Waals surface area contributed by atoms with Crippen LogP contribution in [0.3, 0.4) is 0 Å². The van der Waals surface area contributed by atoms with E-state index < -0.39 is 5.69 Å². The minimum absolute atomic E-state index is 0.0518. The number of hydrazine groups is 1. The Morgan fingerprint density at radius 1 is 1.33 bits per heavy atom. The molecule has 1 aromatic carbocycles. The summed E-state index contributed by atoms with van der Waals surface area (Å²) in [4.78, 5) is 19.7. The highest BCUT2D eigenvalue weighted by atomic mass is 16.3. The molecule has 108 valence electrons. The van der Waals surface area contributed by atoms with Crippen LogP contribution < -0.4 is 16.5 Å². The number of benzene rings is 1. The zero-order valence-electron chi connectivity index (χ0n) is 11.2. The summed E-state index contributed by atoms with van der Waals surface area (Å²) in [5.41, 5.74) is 5.18. The number of aromatic nitrogens is 3. The molecular formula is C13H13N5O3. The van der Waals surface area contributed by atoms with Crippen molar-refractivity contribution in [2.24, 2.45) is 7.05 Å². The molecule has 0 aliphatic carbocycles. The monoisotopic (exact) mass is 287 g/mol. The van der Waals surface area contributed by atoms with Gasteiger partial charge in [0.05, 0.1) is 6.54 Å². The number of terminal acetylenes is 1. The van der Waals surface area contributed by atoms with Gasteiger partial charge in [-0.1, -0.05) is 5.92 Å². The average molecular weight is 287 g/mol. The lowest BCUT2D eigenvalue weighted by molar-refractivity contribution is 0.404. The fourth-order valence-electron chi connectivity index (χ4n) is 1.61. The van der Waals surface area contributed by atoms with Crippen molar-refractivity contribution >= 4 is 5.95 Å². The summed E-state index contributed by atoms with van der Waals surface area (Å²) in [5.74, 6) is 2.11. The van der Waals surface area contributed by atoms with Crippen LogP contribution in [0.2, 0.25) is 0 Å². The highest BCUT2D eigenvalue weighted by molar-refractivity contribution is 5.61. The van der Waals surface area contributed by atoms with Gasteiger partial charge in [0.2, 0.25) is 5.95 Å². The predicted octanol–water partition coefficient (Wildman–Crippen LogP) is -0.197. The van der Waals surface area contributed by atoms with Crippen LogP contribution in [0.4, 0.5) is 5.95 Å². The summed E-state index contributed by atoms with van der Waals surface area (Å²) < 4.78 is 1.22. The number of rotatable bonds is 4. The molecule has 0 radical (unpaired) electrons. The Kier molecular flexibility index (Phi) is 4.06. The van der Waals surface area contributed by atoms with E-state index in [2.05, 4.69) is 26.7 Å². The molecular weight excluding hydrogens is 274 g/mol. The van der Waals surface area contributed by atoms with E-state index in [9.17, 15) is 15.0 Å². The first-order valence-corrected chi connectivity index (χ1v) is 5.92. The van der Waals surface area contributed by atoms with Crippen molar-refractivity contribution in [2.45, 2.75) is 0 Å². The predicted molar refractivity (Wildman–Crippen MR) is 76.5 cm³/mol. The molecule has 4 N–H and O–H groups in total. The van der Waals surface area contributed by atoms with Gasteiger partial charge in [-0.15, -0.1) is 6.42 Å². The molecule has 1 aromatic heterocycles. The third-order valence-corrected chi connectivity index (χ3v) is 2.64. The van der Waals surface area contributed by atoms with Crippen LogP contribution in [0.15, 0.2) is 23.0 Å². The molecule has 0 saturated carbocycles. The Hall–Kier alpha value is -3.05. The fraction of sp³-hybridized carbons (Fsp3) is 0.154. The minimum Gasteiger partial charge on any atom is -0.504 e. The van der Waals surface area contributed by atoms with Crippen molar-refractivity contribution < 1.29 is 10.2 Å². The third-order valence-electron chi connectivity index (χ3n) is 2.64.